The van der Waals surface area contributed by atoms with Gasteiger partial charge in [0.05, 0.1) is 31.5 Å². The first kappa shape index (κ1) is 58.7. The van der Waals surface area contributed by atoms with Gasteiger partial charge in [-0.2, -0.15) is 0 Å². The first-order valence-corrected chi connectivity index (χ1v) is 26.7. The average molecular weight is 1010 g/mol. The Morgan fingerprint density at radius 3 is 2.31 bits per heavy atom. The van der Waals surface area contributed by atoms with Crippen molar-refractivity contribution in [3.05, 3.63) is 71.9 Å². The number of likely N-dealkylation sites (N-methyl/N-ethyl adjacent to an activating group) is 1. The predicted octanol–water partition coefficient (Wildman–Crippen LogP) is 8.50. The number of aliphatic hydroxyl groups is 3. The van der Waals surface area contributed by atoms with E-state index in [0.29, 0.717) is 88.4 Å². The van der Waals surface area contributed by atoms with Crippen LogP contribution < -0.4 is 9.64 Å². The molecule has 1 aromatic carbocycles. The van der Waals surface area contributed by atoms with E-state index in [9.17, 15) is 34.5 Å². The smallest absolute Gasteiger partial charge is 0.329 e. The van der Waals surface area contributed by atoms with Gasteiger partial charge >= 0.3 is 5.97 Å². The van der Waals surface area contributed by atoms with E-state index < -0.39 is 65.9 Å². The first-order valence-electron chi connectivity index (χ1n) is 26.7. The van der Waals surface area contributed by atoms with Crippen molar-refractivity contribution in [3.63, 3.8) is 0 Å². The van der Waals surface area contributed by atoms with Gasteiger partial charge in [0.25, 0.3) is 11.7 Å². The average Bonchev–Trinajstić information content (AvgIpc) is 3.37. The molecule has 2 bridgehead atoms. The summed E-state index contributed by atoms with van der Waals surface area (Å²) in [5, 5.41) is 34.4. The number of ketones is 2. The highest BCUT2D eigenvalue weighted by molar-refractivity contribution is 6.39. The molecule has 0 aromatic heterocycles. The van der Waals surface area contributed by atoms with Crippen LogP contribution >= 0.6 is 0 Å². The minimum absolute atomic E-state index is 0.0449. The Morgan fingerprint density at radius 2 is 1.60 bits per heavy atom. The van der Waals surface area contributed by atoms with Crippen LogP contribution in [0.25, 0.3) is 0 Å². The number of allylic oxidation sites excluding steroid dienone is 6. The van der Waals surface area contributed by atoms with Crippen LogP contribution in [0.2, 0.25) is 0 Å². The maximum Gasteiger partial charge on any atom is 0.329 e. The summed E-state index contributed by atoms with van der Waals surface area (Å²) in [6, 6.07) is 6.42. The van der Waals surface area contributed by atoms with Crippen LogP contribution in [-0.2, 0) is 38.1 Å². The maximum atomic E-state index is 14.6. The number of ether oxygens (including phenoxy) is 5. The first-order chi connectivity index (χ1) is 34.2. The number of benzene rings is 1. The molecule has 4 aliphatic rings. The zero-order chi connectivity index (χ0) is 52.9. The van der Waals surface area contributed by atoms with Gasteiger partial charge in [0.1, 0.15) is 30.1 Å². The highest BCUT2D eigenvalue weighted by atomic mass is 16.6. The lowest BCUT2D eigenvalue weighted by Crippen LogP contribution is -2.61. The van der Waals surface area contributed by atoms with Crippen LogP contribution in [0.3, 0.4) is 0 Å². The molecular weight excluding hydrogens is 917 g/mol. The number of cyclic esters (lactones) is 1. The molecular formula is C58H88N2O12. The third-order valence-electron chi connectivity index (χ3n) is 16.2. The molecule has 1 amide bonds. The number of nitrogens with zero attached hydrogens (tertiary/aromatic N) is 2. The number of methoxy groups -OCH3 is 3. The minimum atomic E-state index is -2.42. The molecule has 3 heterocycles. The lowest BCUT2D eigenvalue weighted by Gasteiger charge is -2.43. The molecule has 0 spiro atoms. The summed E-state index contributed by atoms with van der Waals surface area (Å²) in [6.45, 7) is 13.7. The molecule has 3 N–H and O–H groups in total. The molecule has 14 heteroatoms. The van der Waals surface area contributed by atoms with Crippen molar-refractivity contribution in [2.45, 2.75) is 186 Å². The second kappa shape index (κ2) is 27.4. The number of aliphatic hydroxyl groups excluding tert-OH is 2. The van der Waals surface area contributed by atoms with Crippen molar-refractivity contribution in [1.29, 1.82) is 0 Å². The number of carbonyl (C=O) groups excluding carboxylic acids is 4. The summed E-state index contributed by atoms with van der Waals surface area (Å²) >= 11 is 0. The Hall–Kier alpha value is -4.18. The summed E-state index contributed by atoms with van der Waals surface area (Å²) in [4.78, 5) is 60.9. The van der Waals surface area contributed by atoms with Gasteiger partial charge in [-0.15, -0.1) is 0 Å². The lowest BCUT2D eigenvalue weighted by molar-refractivity contribution is -0.263. The normalized spacial score (nSPS) is 37.5. The second-order valence-corrected chi connectivity index (χ2v) is 21.8. The third-order valence-corrected chi connectivity index (χ3v) is 16.2. The van der Waals surface area contributed by atoms with Gasteiger partial charge in [-0.25, -0.2) is 4.79 Å². The number of esters is 1. The minimum Gasteiger partial charge on any atom is -0.497 e. The van der Waals surface area contributed by atoms with E-state index in [1.54, 1.807) is 28.1 Å². The van der Waals surface area contributed by atoms with Gasteiger partial charge in [0, 0.05) is 51.4 Å². The molecule has 1 saturated carbocycles. The number of rotatable bonds is 8. The fourth-order valence-electron chi connectivity index (χ4n) is 11.5. The Bertz CT molecular complexity index is 2090. The fourth-order valence-corrected chi connectivity index (χ4v) is 11.5. The van der Waals surface area contributed by atoms with Gasteiger partial charge in [0.2, 0.25) is 5.79 Å². The van der Waals surface area contributed by atoms with E-state index in [1.807, 2.05) is 82.5 Å². The lowest BCUT2D eigenvalue weighted by atomic mass is 9.78. The van der Waals surface area contributed by atoms with Crippen LogP contribution in [0.5, 0.6) is 5.75 Å². The number of piperidine rings is 1. The zero-order valence-electron chi connectivity index (χ0n) is 45.2. The molecule has 402 valence electrons. The van der Waals surface area contributed by atoms with E-state index >= 15 is 0 Å². The Balaban J connectivity index is 1.50. The summed E-state index contributed by atoms with van der Waals surface area (Å²) in [6.07, 6.45) is 15.0. The third kappa shape index (κ3) is 15.2. The summed E-state index contributed by atoms with van der Waals surface area (Å²) in [7, 11) is 6.65. The molecule has 0 unspecified atom stereocenters. The topological polar surface area (TPSA) is 182 Å². The summed E-state index contributed by atoms with van der Waals surface area (Å²) < 4.78 is 29.8. The standard InChI is InChI=1S/C58H88N2O12/c1-36-18-13-12-14-19-38(3)48(59(8)44-20-17-21-45(34-44)68-9)35-46-26-24-42(7)58(67,72-46)55(64)56(65)60-29-16-15-22-47(60)57(66)71-50(39(4)32-43-25-27-49(61)51(33-43)69-10)28-23-37(2)31-41(6)53(63)54(70-11)52(62)40(5)30-36/h12-14,17-21,31,34,36-37,39-40,42-43,46-51,53-54,61,63,67H,15-16,22-30,32-33,35H2,1-11H3/b14-12+,18-13+,38-19+,41-31+/t36-,37+,39-,40-,42-,43-,46+,47+,48+,49-,50+,51-,53-,54+,58-/m1/s1. The molecule has 14 nitrogen and oxygen atoms in total. The Kier molecular flexibility index (Phi) is 22.3. The maximum absolute atomic E-state index is 14.6. The van der Waals surface area contributed by atoms with E-state index in [1.165, 1.54) is 12.0 Å². The van der Waals surface area contributed by atoms with Crippen LogP contribution in [0.1, 0.15) is 132 Å². The molecule has 2 saturated heterocycles. The monoisotopic (exact) mass is 1000 g/mol. The second-order valence-electron chi connectivity index (χ2n) is 21.8. The highest BCUT2D eigenvalue weighted by Gasteiger charge is 2.53. The molecule has 3 fully saturated rings. The fraction of sp³-hybridized carbons (Fsp3) is 0.690. The van der Waals surface area contributed by atoms with Crippen molar-refractivity contribution < 1.29 is 58.2 Å². The van der Waals surface area contributed by atoms with E-state index in [4.69, 9.17) is 23.7 Å². The quantitative estimate of drug-likeness (QED) is 0.128. The van der Waals surface area contributed by atoms with Gasteiger partial charge in [-0.1, -0.05) is 82.7 Å². The summed E-state index contributed by atoms with van der Waals surface area (Å²) in [5.74, 6) is -5.55. The SMILES string of the molecule is COc1cccc(N(C)[C@H]2C[C@@H]3CC[C@@H](C)[C@@](O)(O3)C(=O)C(=O)N3CCCC[C@H]3C(=O)O[C@H]([C@H](C)C[C@H]3CC[C@@H](O)[C@H](OC)C3)CC[C@H](C)/C=C(\C)[C@@H](O)[C@@H](OC)C(=O)[C@H](C)C[C@H](C)/C=C/C=C/C=C/2C)c1. The Labute approximate surface area is 430 Å². The molecule has 0 radical (unpaired) electrons. The van der Waals surface area contributed by atoms with Gasteiger partial charge in [0.15, 0.2) is 5.78 Å². The largest absolute Gasteiger partial charge is 0.497 e. The van der Waals surface area contributed by atoms with Crippen LogP contribution in [0.15, 0.2) is 71.9 Å². The highest BCUT2D eigenvalue weighted by Crippen LogP contribution is 2.39. The number of hydrogen-bond donors (Lipinski definition) is 3. The van der Waals surface area contributed by atoms with Crippen molar-refractivity contribution in [1.82, 2.24) is 4.90 Å². The number of carbonyl (C=O) groups is 4. The number of fused-ring (bicyclic) bond motifs is 3. The van der Waals surface area contributed by atoms with E-state index in [0.717, 1.165) is 17.7 Å². The summed E-state index contributed by atoms with van der Waals surface area (Å²) in [5.41, 5.74) is 2.48. The molecule has 72 heavy (non-hydrogen) atoms. The Morgan fingerprint density at radius 1 is 0.847 bits per heavy atom. The van der Waals surface area contributed by atoms with Gasteiger partial charge < -0.3 is 48.8 Å². The van der Waals surface area contributed by atoms with Crippen molar-refractivity contribution in [2.75, 3.05) is 39.8 Å². The molecule has 15 atom stereocenters. The van der Waals surface area contributed by atoms with Crippen molar-refractivity contribution in [3.8, 4) is 5.75 Å². The zero-order valence-corrected chi connectivity index (χ0v) is 45.2. The van der Waals surface area contributed by atoms with E-state index in [-0.39, 0.29) is 54.1 Å². The van der Waals surface area contributed by atoms with Crippen molar-refractivity contribution in [2.24, 2.45) is 35.5 Å². The molecule has 1 aromatic rings. The number of anilines is 1. The van der Waals surface area contributed by atoms with Crippen LogP contribution in [0, 0.1) is 35.5 Å². The van der Waals surface area contributed by atoms with Crippen LogP contribution in [0.4, 0.5) is 5.69 Å². The van der Waals surface area contributed by atoms with E-state index in [2.05, 4.69) is 24.8 Å². The van der Waals surface area contributed by atoms with Gasteiger partial charge in [-0.3, -0.25) is 14.4 Å². The van der Waals surface area contributed by atoms with Crippen molar-refractivity contribution >= 4 is 29.1 Å². The van der Waals surface area contributed by atoms with Crippen LogP contribution in [-0.4, -0.2) is 133 Å². The van der Waals surface area contributed by atoms with Gasteiger partial charge in [-0.05, 0) is 139 Å². The molecule has 1 aliphatic carbocycles. The number of Topliss-reactive ketones (excluding diaryl/α,β-unsaturated/α-hetero) is 2. The predicted molar refractivity (Wildman–Crippen MR) is 279 cm³/mol. The number of amides is 1. The molecule has 3 aliphatic heterocycles. The number of hydrogen-bond acceptors (Lipinski definition) is 13. The molecule has 5 rings (SSSR count).